The van der Waals surface area contributed by atoms with E-state index in [2.05, 4.69) is 84.4 Å². The fourth-order valence-corrected chi connectivity index (χ4v) is 15.9. The van der Waals surface area contributed by atoms with Crippen LogP contribution >= 0.6 is 0 Å². The number of esters is 1. The number of methoxy groups -OCH3 is 2. The van der Waals surface area contributed by atoms with Gasteiger partial charge in [0, 0.05) is 44.5 Å². The number of H-pyrrole nitrogens is 1. The Morgan fingerprint density at radius 1 is 0.500 bits per heavy atom. The first-order valence-electron chi connectivity index (χ1n) is 50.1. The lowest BCUT2D eigenvalue weighted by Gasteiger charge is -2.37. The van der Waals surface area contributed by atoms with E-state index in [4.69, 9.17) is 48.4 Å². The fraction of sp³-hybridized carbons (Fsp3) is 0.532. The Morgan fingerprint density at radius 3 is 1.66 bits per heavy atom. The molecule has 1 heterocycles. The van der Waals surface area contributed by atoms with Gasteiger partial charge in [0.15, 0.2) is 12.4 Å². The van der Waals surface area contributed by atoms with Crippen molar-refractivity contribution in [2.24, 2.45) is 11.1 Å². The van der Waals surface area contributed by atoms with Crippen LogP contribution in [0.1, 0.15) is 234 Å². The van der Waals surface area contributed by atoms with Gasteiger partial charge in [0.1, 0.15) is 93.3 Å². The highest BCUT2D eigenvalue weighted by Gasteiger charge is 2.46. The van der Waals surface area contributed by atoms with Crippen LogP contribution in [-0.4, -0.2) is 246 Å². The number of likely N-dealkylation sites (N-methyl/N-ethyl adjacent to an activating group) is 1. The van der Waals surface area contributed by atoms with Crippen molar-refractivity contribution in [3.8, 4) is 34.1 Å². The van der Waals surface area contributed by atoms with Crippen LogP contribution in [0.4, 0.5) is 9.18 Å². The van der Waals surface area contributed by atoms with E-state index in [0.717, 1.165) is 39.4 Å². The minimum atomic E-state index is -2.36. The number of hydrogen-bond acceptors (Lipinski definition) is 26. The summed E-state index contributed by atoms with van der Waals surface area (Å²) in [6.45, 7) is 36.3. The molecular weight excluding hydrogens is 1930 g/mol. The molecule has 0 aliphatic heterocycles. The normalized spacial score (nSPS) is 14.2. The third-order valence-electron chi connectivity index (χ3n) is 23.4. The van der Waals surface area contributed by atoms with Gasteiger partial charge in [-0.3, -0.25) is 62.3 Å². The largest absolute Gasteiger partial charge is 0.497 e. The maximum absolute atomic E-state index is 16.3. The summed E-state index contributed by atoms with van der Waals surface area (Å²) < 4.78 is 69.9. The zero-order valence-corrected chi connectivity index (χ0v) is 91.2. The molecule has 820 valence electrons. The summed E-state index contributed by atoms with van der Waals surface area (Å²) in [5.74, 6) is -12.0. The number of aromatic amines is 1. The van der Waals surface area contributed by atoms with Gasteiger partial charge in [-0.1, -0.05) is 102 Å². The van der Waals surface area contributed by atoms with Crippen LogP contribution in [-0.2, 0) is 118 Å². The summed E-state index contributed by atoms with van der Waals surface area (Å²) in [6, 6.07) is 22.8. The number of ether oxygens (including phenoxy) is 9. The van der Waals surface area contributed by atoms with Crippen LogP contribution in [0.5, 0.6) is 23.0 Å². The first-order valence-corrected chi connectivity index (χ1v) is 50.1. The molecule has 7 aromatic rings. The number of carbonyl (C=O) groups is 14. The summed E-state index contributed by atoms with van der Waals surface area (Å²) in [4.78, 5) is 204. The number of tetrazole rings is 1. The minimum Gasteiger partial charge on any atom is -0.497 e. The van der Waals surface area contributed by atoms with Crippen LogP contribution in [0.15, 0.2) is 127 Å². The molecule has 0 saturated carbocycles. The lowest BCUT2D eigenvalue weighted by Crippen LogP contribution is -2.67. The Labute approximate surface area is 877 Å². The monoisotopic (exact) mass is 2090 g/mol. The maximum atomic E-state index is 16.3. The molecule has 15 N–H and O–H groups in total. The topological polar surface area (TPSA) is 547 Å². The molecule has 0 aliphatic carbocycles. The summed E-state index contributed by atoms with van der Waals surface area (Å²) in [7, 11) is 4.42. The van der Waals surface area contributed by atoms with E-state index in [1.807, 2.05) is 69.3 Å². The SMILES string of the molecule is CCc1cc(OCCCCNC(=O)OC(C)(C)C)ccc1-c1ccc(C[C@H](NC(=O)[C@H](CC(=O)OC(C)(C)C)NC(=O)[C@H](COC(C)(C)C)NC(=O)[C@@H](NC(=O)[C@](C)(Cc2ccccc2F)NC(=O)[C@@H](NC(=O)CNC(=O)[C@H](Cc2nn[nH]n2)NC(=O)C(C)(C)C(N)=O)[C@@H](C)OC(C)(C)C)[C@@H](C)OC(C)(C)C)C(=O)N[C@@H](CCCc2cc(C)cc(C)c2)C(=O)NC(c2ccc(OCC(=O)NC)cc2)c2ccc(OC)cc2OC)cc1. The Hall–Kier alpha value is -14.2. The highest BCUT2D eigenvalue weighted by molar-refractivity contribution is 6.05. The molecule has 41 heteroatoms. The number of aromatic nitrogens is 4. The third-order valence-corrected chi connectivity index (χ3v) is 23.4. The van der Waals surface area contributed by atoms with Gasteiger partial charge >= 0.3 is 12.1 Å². The number of nitrogens with zero attached hydrogens (tertiary/aromatic N) is 3. The van der Waals surface area contributed by atoms with Crippen molar-refractivity contribution in [1.29, 1.82) is 0 Å². The number of alkyl carbamates (subject to hydrolysis) is 1. The molecule has 1 aromatic heterocycles. The first-order chi connectivity index (χ1) is 70.1. The standard InChI is InChI=1S/C109H154FN17O23/c1-27-69-55-75(144-50-31-30-49-113-102(141)150-107(18,19)20)46-47-76(69)70-39-37-67(38-40-70)54-80(94(133)115-79(36-32-33-68-52-63(2)51-64(3)53-68)93(132)121-91(77-48-45-74(142-25)56-84(77)143-26)71-41-43-73(44-42-71)145-62-87(129)112-24)116-95(134)82(58-88(130)149-106(15,16)17)117-96(135)83(61-146-103(6,7)8)118-97(136)89(65(4)147-104(9,10)11)122-101(140)109(23,59-72-34-28-29-35-78(72)110)123-98(137)90(66(5)148-105(12,13)14)120-86(128)60-114-92(131)81(57-85-124-126-127-125-85)119-100(139)108(21,22)99(111)138/h28-29,34-35,37-48,51-53,55-56,65-66,79-83,89-91H,27,30-33,36,49-50,54,57-62H2,1-26H3,(H2,111,138)(H,112,129)(H,113,141)(H,114,131)(H,115,133)(H,116,134)(H,117,135)(H,118,136)(H,119,139)(H,120,128)(H,121,132)(H,122,140)(H,123,137)(H,124,125,126,127)/t65-,66-,79+,80+,81+,82+,83+,89+,90+,91?,109+/m1/s1. The predicted molar refractivity (Wildman–Crippen MR) is 559 cm³/mol. The number of benzene rings is 6. The Morgan fingerprint density at radius 2 is 1.08 bits per heavy atom. The molecule has 0 aliphatic rings. The summed E-state index contributed by atoms with van der Waals surface area (Å²) in [5, 5.41) is 45.9. The van der Waals surface area contributed by atoms with Crippen molar-refractivity contribution in [3.63, 3.8) is 0 Å². The number of nitrogens with two attached hydrogens (primary N) is 1. The highest BCUT2D eigenvalue weighted by atomic mass is 19.1. The van der Waals surface area contributed by atoms with Crippen LogP contribution in [0, 0.1) is 25.1 Å². The second kappa shape index (κ2) is 55.3. The number of aryl methyl sites for hydroxylation is 4. The molecule has 40 nitrogen and oxygen atoms in total. The van der Waals surface area contributed by atoms with Gasteiger partial charge in [0.05, 0.1) is 75.5 Å². The number of unbranched alkanes of at least 4 members (excludes halogenated alkanes) is 1. The zero-order chi connectivity index (χ0) is 112. The number of primary amides is 1. The van der Waals surface area contributed by atoms with E-state index < -0.39 is 215 Å². The number of carbonyl (C=O) groups excluding carboxylic acids is 14. The third kappa shape index (κ3) is 40.7. The predicted octanol–water partition coefficient (Wildman–Crippen LogP) is 8.82. The Bertz CT molecular complexity index is 5750. The molecule has 0 saturated heterocycles. The molecule has 150 heavy (non-hydrogen) atoms. The lowest BCUT2D eigenvalue weighted by molar-refractivity contribution is -0.157. The van der Waals surface area contributed by atoms with Crippen LogP contribution in [0.3, 0.4) is 0 Å². The van der Waals surface area contributed by atoms with Gasteiger partial charge in [-0.25, -0.2) is 9.18 Å². The first kappa shape index (κ1) is 123. The summed E-state index contributed by atoms with van der Waals surface area (Å²) in [5.41, 5.74) is 3.03. The van der Waals surface area contributed by atoms with Gasteiger partial charge in [0.2, 0.25) is 65.0 Å². The summed E-state index contributed by atoms with van der Waals surface area (Å²) in [6.07, 6.45) is -2.89. The van der Waals surface area contributed by atoms with Crippen LogP contribution in [0.25, 0.3) is 11.1 Å². The zero-order valence-electron chi connectivity index (χ0n) is 91.2. The van der Waals surface area contributed by atoms with E-state index >= 15 is 38.0 Å². The minimum absolute atomic E-state index is 0.00593. The molecule has 0 radical (unpaired) electrons. The average molecular weight is 2090 g/mol. The maximum Gasteiger partial charge on any atom is 0.407 e. The number of nitrogens with one attached hydrogen (secondary N) is 13. The molecule has 1 unspecified atom stereocenters. The molecule has 11 atom stereocenters. The van der Waals surface area contributed by atoms with E-state index in [0.29, 0.717) is 84.9 Å². The smallest absolute Gasteiger partial charge is 0.407 e. The Kier molecular flexibility index (Phi) is 45.3. The van der Waals surface area contributed by atoms with Crippen molar-refractivity contribution in [1.82, 2.24) is 84.4 Å². The highest BCUT2D eigenvalue weighted by Crippen LogP contribution is 2.36. The molecule has 0 bridgehead atoms. The van der Waals surface area contributed by atoms with Gasteiger partial charge in [-0.2, -0.15) is 5.21 Å². The average Bonchev–Trinajstić information content (AvgIpc) is 0.929. The second-order valence-corrected chi connectivity index (χ2v) is 42.7. The van der Waals surface area contributed by atoms with E-state index in [9.17, 15) is 33.6 Å². The van der Waals surface area contributed by atoms with E-state index in [1.54, 1.807) is 158 Å². The van der Waals surface area contributed by atoms with Crippen LogP contribution < -0.4 is 88.5 Å². The number of hydrogen-bond donors (Lipinski definition) is 14. The van der Waals surface area contributed by atoms with E-state index in [1.165, 1.54) is 74.1 Å². The number of amides is 13. The van der Waals surface area contributed by atoms with Crippen LogP contribution in [0.2, 0.25) is 0 Å². The van der Waals surface area contributed by atoms with Crippen molar-refractivity contribution in [2.45, 2.75) is 318 Å². The quantitative estimate of drug-likeness (QED) is 0.00961. The molecule has 13 amide bonds. The second-order valence-electron chi connectivity index (χ2n) is 42.7. The van der Waals surface area contributed by atoms with Gasteiger partial charge in [-0.05, 0) is 272 Å². The molecule has 0 fully saturated rings. The van der Waals surface area contributed by atoms with Gasteiger partial charge in [-0.15, -0.1) is 10.2 Å². The number of halogens is 1. The number of rotatable bonds is 54. The Balaban J connectivity index is 1.31. The molecule has 6 aromatic carbocycles. The van der Waals surface area contributed by atoms with Gasteiger partial charge in [0.25, 0.3) is 5.91 Å². The van der Waals surface area contributed by atoms with Crippen molar-refractivity contribution in [3.05, 3.63) is 184 Å². The van der Waals surface area contributed by atoms with Gasteiger partial charge < -0.3 is 112 Å². The molecular formula is C109H154FN17O23. The fourth-order valence-electron chi connectivity index (χ4n) is 15.9. The van der Waals surface area contributed by atoms with Crippen molar-refractivity contribution < 1.29 is 114 Å². The van der Waals surface area contributed by atoms with E-state index in [-0.39, 0.29) is 36.7 Å². The molecule has 7 rings (SSSR count). The van der Waals surface area contributed by atoms with Crippen molar-refractivity contribution >= 4 is 82.9 Å². The molecule has 0 spiro atoms. The summed E-state index contributed by atoms with van der Waals surface area (Å²) >= 11 is 0. The van der Waals surface area contributed by atoms with Crippen molar-refractivity contribution in [2.75, 3.05) is 54.2 Å². The lowest BCUT2D eigenvalue weighted by atomic mass is 9.90.